The monoisotopic (exact) mass is 585 g/mol. The number of unbranched alkanes of at least 4 members (excludes halogenated alkanes) is 30. The number of carbonyl (C=O) groups is 1. The first-order valence-electron chi connectivity index (χ1n) is 19.1. The molecule has 1 aromatic rings. The average molecular weight is 585 g/mol. The lowest BCUT2D eigenvalue weighted by Gasteiger charge is -2.05. The van der Waals surface area contributed by atoms with Gasteiger partial charge in [-0.2, -0.15) is 0 Å². The van der Waals surface area contributed by atoms with E-state index >= 15 is 0 Å². The second kappa shape index (κ2) is 32.6. The first-order chi connectivity index (χ1) is 20.8. The van der Waals surface area contributed by atoms with Crippen molar-refractivity contribution >= 4 is 5.97 Å². The molecule has 0 heterocycles. The number of esters is 1. The molecular formula is C40H72O2. The number of ether oxygens (including phenoxy) is 1. The van der Waals surface area contributed by atoms with Crippen molar-refractivity contribution in [1.82, 2.24) is 0 Å². The van der Waals surface area contributed by atoms with Crippen molar-refractivity contribution in [2.45, 2.75) is 212 Å². The SMILES string of the molecule is CCCCCCCCCCCCCCCCCCCCCCCCCCCCCCCCCC(=O)Oc1ccccc1. The maximum atomic E-state index is 11.9. The van der Waals surface area contributed by atoms with Crippen molar-refractivity contribution in [3.8, 4) is 5.75 Å². The molecule has 0 amide bonds. The number of benzene rings is 1. The van der Waals surface area contributed by atoms with Crippen LogP contribution in [0.3, 0.4) is 0 Å². The first-order valence-corrected chi connectivity index (χ1v) is 19.1. The topological polar surface area (TPSA) is 26.3 Å². The van der Waals surface area contributed by atoms with E-state index in [0.717, 1.165) is 12.8 Å². The van der Waals surface area contributed by atoms with Gasteiger partial charge >= 0.3 is 5.97 Å². The Morgan fingerprint density at radius 2 is 0.667 bits per heavy atom. The summed E-state index contributed by atoms with van der Waals surface area (Å²) in [5.41, 5.74) is 0. The Hall–Kier alpha value is -1.31. The zero-order chi connectivity index (χ0) is 30.0. The number of rotatable bonds is 33. The van der Waals surface area contributed by atoms with Gasteiger partial charge in [0.1, 0.15) is 5.75 Å². The summed E-state index contributed by atoms with van der Waals surface area (Å²) in [6, 6.07) is 9.39. The summed E-state index contributed by atoms with van der Waals surface area (Å²) in [4.78, 5) is 11.9. The Balaban J connectivity index is 1.65. The van der Waals surface area contributed by atoms with Gasteiger partial charge in [0.05, 0.1) is 0 Å². The largest absolute Gasteiger partial charge is 0.427 e. The molecule has 0 unspecified atom stereocenters. The van der Waals surface area contributed by atoms with E-state index in [4.69, 9.17) is 4.74 Å². The molecule has 0 radical (unpaired) electrons. The van der Waals surface area contributed by atoms with Crippen LogP contribution in [0, 0.1) is 0 Å². The van der Waals surface area contributed by atoms with Gasteiger partial charge in [0.25, 0.3) is 0 Å². The lowest BCUT2D eigenvalue weighted by Crippen LogP contribution is -2.07. The van der Waals surface area contributed by atoms with Gasteiger partial charge < -0.3 is 4.74 Å². The van der Waals surface area contributed by atoms with Crippen LogP contribution in [0.15, 0.2) is 30.3 Å². The molecule has 0 aromatic heterocycles. The summed E-state index contributed by atoms with van der Waals surface area (Å²) in [5.74, 6) is 0.555. The number of carbonyl (C=O) groups excluding carboxylic acids is 1. The standard InChI is InChI=1S/C40H72O2/c1-2-3-4-5-6-7-8-9-10-11-12-13-14-15-16-17-18-19-20-21-22-23-24-25-26-27-28-29-30-31-35-38-40(41)42-39-36-33-32-34-37-39/h32-34,36-37H,2-31,35,38H2,1H3. The lowest BCUT2D eigenvalue weighted by molar-refractivity contribution is -0.134. The fourth-order valence-electron chi connectivity index (χ4n) is 6.14. The van der Waals surface area contributed by atoms with Crippen molar-refractivity contribution in [2.24, 2.45) is 0 Å². The molecule has 244 valence electrons. The highest BCUT2D eigenvalue weighted by Crippen LogP contribution is 2.17. The molecule has 1 rings (SSSR count). The van der Waals surface area contributed by atoms with E-state index < -0.39 is 0 Å². The molecule has 0 aliphatic carbocycles. The van der Waals surface area contributed by atoms with Gasteiger partial charge in [-0.05, 0) is 18.6 Å². The van der Waals surface area contributed by atoms with Crippen LogP contribution in [0.25, 0.3) is 0 Å². The van der Waals surface area contributed by atoms with E-state index in [-0.39, 0.29) is 5.97 Å². The molecule has 1 aromatic carbocycles. The molecule has 0 saturated heterocycles. The Kier molecular flexibility index (Phi) is 30.1. The van der Waals surface area contributed by atoms with Crippen LogP contribution in [0.5, 0.6) is 5.75 Å². The van der Waals surface area contributed by atoms with Gasteiger partial charge in [0, 0.05) is 6.42 Å². The predicted octanol–water partition coefficient (Wildman–Crippen LogP) is 14.1. The Labute approximate surface area is 263 Å². The molecule has 0 N–H and O–H groups in total. The smallest absolute Gasteiger partial charge is 0.311 e. The fraction of sp³-hybridized carbons (Fsp3) is 0.825. The zero-order valence-electron chi connectivity index (χ0n) is 28.3. The van der Waals surface area contributed by atoms with Gasteiger partial charge in [0.2, 0.25) is 0 Å². The molecule has 2 nitrogen and oxygen atoms in total. The number of para-hydroxylation sites is 1. The van der Waals surface area contributed by atoms with Crippen molar-refractivity contribution < 1.29 is 9.53 Å². The molecule has 0 saturated carbocycles. The number of hydrogen-bond acceptors (Lipinski definition) is 2. The predicted molar refractivity (Wildman–Crippen MR) is 185 cm³/mol. The van der Waals surface area contributed by atoms with Crippen LogP contribution in [0.4, 0.5) is 0 Å². The summed E-state index contributed by atoms with van der Waals surface area (Å²) < 4.78 is 5.34. The molecular weight excluding hydrogens is 512 g/mol. The lowest BCUT2D eigenvalue weighted by atomic mass is 10.0. The fourth-order valence-corrected chi connectivity index (χ4v) is 6.14. The van der Waals surface area contributed by atoms with E-state index in [0.29, 0.717) is 12.2 Å². The highest BCUT2D eigenvalue weighted by atomic mass is 16.5. The van der Waals surface area contributed by atoms with Gasteiger partial charge in [0.15, 0.2) is 0 Å². The van der Waals surface area contributed by atoms with Crippen LogP contribution >= 0.6 is 0 Å². The average Bonchev–Trinajstić information content (AvgIpc) is 3.00. The maximum Gasteiger partial charge on any atom is 0.311 e. The third kappa shape index (κ3) is 28.8. The molecule has 0 spiro atoms. The van der Waals surface area contributed by atoms with Crippen LogP contribution in [0.2, 0.25) is 0 Å². The summed E-state index contributed by atoms with van der Waals surface area (Å²) >= 11 is 0. The van der Waals surface area contributed by atoms with Crippen LogP contribution in [-0.2, 0) is 4.79 Å². The van der Waals surface area contributed by atoms with E-state index in [1.54, 1.807) is 0 Å². The second-order valence-electron chi connectivity index (χ2n) is 13.1. The first kappa shape index (κ1) is 38.7. The second-order valence-corrected chi connectivity index (χ2v) is 13.1. The van der Waals surface area contributed by atoms with E-state index in [2.05, 4.69) is 6.92 Å². The molecule has 42 heavy (non-hydrogen) atoms. The van der Waals surface area contributed by atoms with Crippen LogP contribution < -0.4 is 4.74 Å². The Morgan fingerprint density at radius 3 is 0.952 bits per heavy atom. The van der Waals surface area contributed by atoms with E-state index in [9.17, 15) is 4.79 Å². The van der Waals surface area contributed by atoms with Gasteiger partial charge in [-0.1, -0.05) is 218 Å². The Morgan fingerprint density at radius 1 is 0.405 bits per heavy atom. The summed E-state index contributed by atoms with van der Waals surface area (Å²) in [7, 11) is 0. The normalized spacial score (nSPS) is 11.3. The van der Waals surface area contributed by atoms with E-state index in [1.807, 2.05) is 30.3 Å². The van der Waals surface area contributed by atoms with Crippen molar-refractivity contribution in [2.75, 3.05) is 0 Å². The third-order valence-corrected chi connectivity index (χ3v) is 8.96. The highest BCUT2D eigenvalue weighted by molar-refractivity contribution is 5.72. The summed E-state index contributed by atoms with van der Waals surface area (Å²) in [6.45, 7) is 2.30. The molecule has 2 heteroatoms. The summed E-state index contributed by atoms with van der Waals surface area (Å²) in [6.07, 6.45) is 44.4. The molecule has 0 aliphatic heterocycles. The van der Waals surface area contributed by atoms with E-state index in [1.165, 1.54) is 186 Å². The zero-order valence-corrected chi connectivity index (χ0v) is 28.3. The van der Waals surface area contributed by atoms with Crippen molar-refractivity contribution in [3.05, 3.63) is 30.3 Å². The molecule has 0 atom stereocenters. The third-order valence-electron chi connectivity index (χ3n) is 8.96. The van der Waals surface area contributed by atoms with Gasteiger partial charge in [-0.15, -0.1) is 0 Å². The summed E-state index contributed by atoms with van der Waals surface area (Å²) in [5, 5.41) is 0. The minimum Gasteiger partial charge on any atom is -0.427 e. The van der Waals surface area contributed by atoms with Crippen molar-refractivity contribution in [3.63, 3.8) is 0 Å². The minimum atomic E-state index is -0.100. The maximum absolute atomic E-state index is 11.9. The molecule has 0 bridgehead atoms. The number of hydrogen-bond donors (Lipinski definition) is 0. The van der Waals surface area contributed by atoms with Gasteiger partial charge in [-0.3, -0.25) is 4.79 Å². The minimum absolute atomic E-state index is 0.100. The van der Waals surface area contributed by atoms with Crippen LogP contribution in [0.1, 0.15) is 212 Å². The molecule has 0 fully saturated rings. The van der Waals surface area contributed by atoms with Crippen molar-refractivity contribution in [1.29, 1.82) is 0 Å². The Bertz CT molecular complexity index is 655. The molecule has 0 aliphatic rings. The van der Waals surface area contributed by atoms with Crippen LogP contribution in [-0.4, -0.2) is 5.97 Å². The quantitative estimate of drug-likeness (QED) is 0.0466. The highest BCUT2D eigenvalue weighted by Gasteiger charge is 2.04. The van der Waals surface area contributed by atoms with Gasteiger partial charge in [-0.25, -0.2) is 0 Å².